The van der Waals surface area contributed by atoms with E-state index in [1.54, 1.807) is 18.2 Å². The number of nitrogen functional groups attached to an aromatic ring is 1. The Hall–Kier alpha value is -3.66. The molecule has 0 atom stereocenters. The quantitative estimate of drug-likeness (QED) is 0.604. The van der Waals surface area contributed by atoms with Crippen LogP contribution >= 0.6 is 0 Å². The van der Waals surface area contributed by atoms with E-state index in [4.69, 9.17) is 11.0 Å². The highest BCUT2D eigenvalue weighted by Gasteiger charge is 2.14. The van der Waals surface area contributed by atoms with Crippen molar-refractivity contribution < 1.29 is 0 Å². The van der Waals surface area contributed by atoms with Crippen LogP contribution in [0.1, 0.15) is 11.1 Å². The molecule has 0 saturated carbocycles. The van der Waals surface area contributed by atoms with E-state index in [1.807, 2.05) is 30.3 Å². The molecule has 0 radical (unpaired) electrons. The maximum Gasteiger partial charge on any atom is 0.353 e. The van der Waals surface area contributed by atoms with Crippen LogP contribution in [-0.2, 0) is 6.54 Å². The van der Waals surface area contributed by atoms with Crippen molar-refractivity contribution in [2.75, 3.05) is 5.73 Å². The van der Waals surface area contributed by atoms with Gasteiger partial charge in [-0.1, -0.05) is 24.3 Å². The first kappa shape index (κ1) is 14.0. The summed E-state index contributed by atoms with van der Waals surface area (Å²) in [6.45, 7) is 0.254. The number of nitrogens with two attached hydrogens (primary N) is 1. The number of aromatic nitrogens is 4. The topological polar surface area (TPSA) is 102 Å². The predicted molar refractivity (Wildman–Crippen MR) is 89.4 cm³/mol. The van der Waals surface area contributed by atoms with Gasteiger partial charge in [0, 0.05) is 5.39 Å². The SMILES string of the molecule is N#Cc1cccc(Cn2nc3c4ccccc4nc(N)n3c2=O)c1. The molecule has 0 saturated heterocycles. The molecule has 0 aliphatic heterocycles. The van der Waals surface area contributed by atoms with Crippen molar-refractivity contribution in [3.05, 3.63) is 70.1 Å². The van der Waals surface area contributed by atoms with E-state index >= 15 is 0 Å². The van der Waals surface area contributed by atoms with E-state index in [0.29, 0.717) is 16.7 Å². The number of rotatable bonds is 2. The van der Waals surface area contributed by atoms with E-state index in [9.17, 15) is 4.79 Å². The molecule has 0 spiro atoms. The highest BCUT2D eigenvalue weighted by atomic mass is 16.2. The van der Waals surface area contributed by atoms with Crippen molar-refractivity contribution in [1.29, 1.82) is 5.26 Å². The Morgan fingerprint density at radius 3 is 2.83 bits per heavy atom. The van der Waals surface area contributed by atoms with Crippen molar-refractivity contribution >= 4 is 22.5 Å². The molecule has 4 rings (SSSR count). The third kappa shape index (κ3) is 2.09. The fourth-order valence-electron chi connectivity index (χ4n) is 2.74. The largest absolute Gasteiger partial charge is 0.369 e. The van der Waals surface area contributed by atoms with Gasteiger partial charge in [-0.2, -0.15) is 5.26 Å². The fraction of sp³-hybridized carbons (Fsp3) is 0.0588. The first-order valence-corrected chi connectivity index (χ1v) is 7.30. The molecule has 4 aromatic rings. The molecule has 0 unspecified atom stereocenters. The van der Waals surface area contributed by atoms with Crippen molar-refractivity contribution in [1.82, 2.24) is 19.2 Å². The van der Waals surface area contributed by atoms with Crippen molar-refractivity contribution in [2.45, 2.75) is 6.54 Å². The van der Waals surface area contributed by atoms with Crippen LogP contribution in [0.25, 0.3) is 16.6 Å². The molecular weight excluding hydrogens is 304 g/mol. The monoisotopic (exact) mass is 316 g/mol. The van der Waals surface area contributed by atoms with E-state index in [-0.39, 0.29) is 18.2 Å². The minimum Gasteiger partial charge on any atom is -0.369 e. The van der Waals surface area contributed by atoms with Gasteiger partial charge in [0.05, 0.1) is 23.7 Å². The summed E-state index contributed by atoms with van der Waals surface area (Å²) in [6, 6.07) is 16.5. The first-order chi connectivity index (χ1) is 11.7. The van der Waals surface area contributed by atoms with Gasteiger partial charge in [-0.15, -0.1) is 5.10 Å². The molecule has 24 heavy (non-hydrogen) atoms. The first-order valence-electron chi connectivity index (χ1n) is 7.30. The average Bonchev–Trinajstić information content (AvgIpc) is 2.93. The summed E-state index contributed by atoms with van der Waals surface area (Å²) < 4.78 is 2.63. The third-order valence-electron chi connectivity index (χ3n) is 3.84. The summed E-state index contributed by atoms with van der Waals surface area (Å²) in [6.07, 6.45) is 0. The number of anilines is 1. The molecule has 7 nitrogen and oxygen atoms in total. The number of hydrogen-bond acceptors (Lipinski definition) is 5. The summed E-state index contributed by atoms with van der Waals surface area (Å²) in [5.41, 5.74) is 8.08. The van der Waals surface area contributed by atoms with E-state index in [1.165, 1.54) is 9.08 Å². The molecule has 2 aromatic carbocycles. The van der Waals surface area contributed by atoms with Crippen LogP contribution in [0.2, 0.25) is 0 Å². The van der Waals surface area contributed by atoms with Gasteiger partial charge < -0.3 is 5.73 Å². The Kier molecular flexibility index (Phi) is 3.03. The lowest BCUT2D eigenvalue weighted by Crippen LogP contribution is -2.23. The van der Waals surface area contributed by atoms with Crippen molar-refractivity contribution in [3.8, 4) is 6.07 Å². The molecule has 7 heteroatoms. The smallest absolute Gasteiger partial charge is 0.353 e. The highest BCUT2D eigenvalue weighted by molar-refractivity contribution is 5.91. The second-order valence-electron chi connectivity index (χ2n) is 5.40. The number of nitrogens with zero attached hydrogens (tertiary/aromatic N) is 5. The van der Waals surface area contributed by atoms with Gasteiger partial charge in [0.2, 0.25) is 5.95 Å². The lowest BCUT2D eigenvalue weighted by Gasteiger charge is -2.00. The van der Waals surface area contributed by atoms with Crippen LogP contribution in [0.5, 0.6) is 0 Å². The maximum absolute atomic E-state index is 12.6. The van der Waals surface area contributed by atoms with Crippen molar-refractivity contribution in [2.24, 2.45) is 0 Å². The summed E-state index contributed by atoms with van der Waals surface area (Å²) >= 11 is 0. The molecule has 0 amide bonds. The molecular formula is C17H12N6O. The molecule has 0 aliphatic rings. The minimum atomic E-state index is -0.358. The molecule has 0 bridgehead atoms. The molecule has 116 valence electrons. The fourth-order valence-corrected chi connectivity index (χ4v) is 2.74. The van der Waals surface area contributed by atoms with E-state index in [2.05, 4.69) is 16.2 Å². The van der Waals surface area contributed by atoms with Gasteiger partial charge in [-0.05, 0) is 29.8 Å². The Labute approximate surface area is 136 Å². The highest BCUT2D eigenvalue weighted by Crippen LogP contribution is 2.17. The molecule has 2 heterocycles. The van der Waals surface area contributed by atoms with Crippen molar-refractivity contribution in [3.63, 3.8) is 0 Å². The van der Waals surface area contributed by atoms with E-state index in [0.717, 1.165) is 10.9 Å². The van der Waals surface area contributed by atoms with Crippen LogP contribution in [0.15, 0.2) is 53.3 Å². The zero-order valence-electron chi connectivity index (χ0n) is 12.5. The second kappa shape index (κ2) is 5.21. The average molecular weight is 316 g/mol. The van der Waals surface area contributed by atoms with Gasteiger partial charge >= 0.3 is 5.69 Å². The Balaban J connectivity index is 1.92. The van der Waals surface area contributed by atoms with Crippen LogP contribution in [-0.4, -0.2) is 19.2 Å². The van der Waals surface area contributed by atoms with Crippen LogP contribution in [0, 0.1) is 11.3 Å². The zero-order chi connectivity index (χ0) is 16.7. The number of nitriles is 1. The zero-order valence-corrected chi connectivity index (χ0v) is 12.5. The third-order valence-corrected chi connectivity index (χ3v) is 3.84. The molecule has 2 aromatic heterocycles. The van der Waals surface area contributed by atoms with E-state index < -0.39 is 0 Å². The summed E-state index contributed by atoms with van der Waals surface area (Å²) in [7, 11) is 0. The lowest BCUT2D eigenvalue weighted by atomic mass is 10.1. The number of fused-ring (bicyclic) bond motifs is 3. The minimum absolute atomic E-state index is 0.103. The van der Waals surface area contributed by atoms with Crippen LogP contribution in [0.3, 0.4) is 0 Å². The number of para-hydroxylation sites is 1. The number of hydrogen-bond donors (Lipinski definition) is 1. The Bertz CT molecular complexity index is 1180. The second-order valence-corrected chi connectivity index (χ2v) is 5.40. The maximum atomic E-state index is 12.6. The van der Waals surface area contributed by atoms with Gasteiger partial charge in [-0.25, -0.2) is 18.9 Å². The van der Waals surface area contributed by atoms with Crippen LogP contribution < -0.4 is 11.4 Å². The molecule has 2 N–H and O–H groups in total. The normalized spacial score (nSPS) is 11.0. The standard InChI is InChI=1S/C17H12N6O/c18-9-11-4-3-5-12(8-11)10-22-17(24)23-15(21-22)13-6-1-2-7-14(13)20-16(23)19/h1-8H,10H2,(H2,19,20). The van der Waals surface area contributed by atoms with Gasteiger partial charge in [0.25, 0.3) is 0 Å². The lowest BCUT2D eigenvalue weighted by molar-refractivity contribution is 0.659. The Morgan fingerprint density at radius 2 is 2.00 bits per heavy atom. The summed E-state index contributed by atoms with van der Waals surface area (Å²) in [4.78, 5) is 16.9. The predicted octanol–water partition coefficient (Wildman–Crippen LogP) is 1.55. The molecule has 0 fully saturated rings. The Morgan fingerprint density at radius 1 is 1.17 bits per heavy atom. The van der Waals surface area contributed by atoms with Crippen LogP contribution in [0.4, 0.5) is 5.95 Å². The summed E-state index contributed by atoms with van der Waals surface area (Å²) in [5.74, 6) is 0.103. The van der Waals surface area contributed by atoms with Gasteiger partial charge in [-0.3, -0.25) is 0 Å². The van der Waals surface area contributed by atoms with Gasteiger partial charge in [0.1, 0.15) is 0 Å². The van der Waals surface area contributed by atoms with Gasteiger partial charge in [0.15, 0.2) is 5.65 Å². The molecule has 0 aliphatic carbocycles. The number of benzene rings is 2. The summed E-state index contributed by atoms with van der Waals surface area (Å²) in [5, 5.41) is 14.2.